The Morgan fingerprint density at radius 1 is 1.08 bits per heavy atom. The van der Waals surface area contributed by atoms with Crippen LogP contribution in [0.4, 0.5) is 0 Å². The maximum atomic E-state index is 5.80. The molecule has 0 saturated carbocycles. The second kappa shape index (κ2) is 4.86. The van der Waals surface area contributed by atoms with E-state index in [9.17, 15) is 0 Å². The Morgan fingerprint density at radius 2 is 1.58 bits per heavy atom. The first kappa shape index (κ1) is 11.1. The fourth-order valence-electron chi connectivity index (χ4n) is 0.766. The van der Waals surface area contributed by atoms with Gasteiger partial charge in [0.15, 0.2) is 0 Å². The van der Waals surface area contributed by atoms with Crippen molar-refractivity contribution in [3.8, 4) is 0 Å². The lowest BCUT2D eigenvalue weighted by molar-refractivity contribution is 0.739. The maximum Gasteiger partial charge on any atom is 0.0110 e. The van der Waals surface area contributed by atoms with Crippen LogP contribution in [0.2, 0.25) is 0 Å². The molecule has 0 aromatic heterocycles. The molecule has 0 bridgehead atoms. The zero-order chi connectivity index (χ0) is 9.72. The van der Waals surface area contributed by atoms with Gasteiger partial charge < -0.3 is 11.5 Å². The summed E-state index contributed by atoms with van der Waals surface area (Å²) in [6.07, 6.45) is 3.59. The largest absolute Gasteiger partial charge is 0.404 e. The Kier molecular flexibility index (Phi) is 4.49. The van der Waals surface area contributed by atoms with Gasteiger partial charge in [0.25, 0.3) is 0 Å². The van der Waals surface area contributed by atoms with E-state index in [1.54, 1.807) is 6.20 Å². The molecule has 0 saturated heterocycles. The first-order valence-electron chi connectivity index (χ1n) is 4.37. The lowest BCUT2D eigenvalue weighted by Gasteiger charge is -2.09. The fraction of sp³-hybridized carbons (Fsp3) is 0.600. The van der Waals surface area contributed by atoms with Gasteiger partial charge in [-0.1, -0.05) is 27.7 Å². The van der Waals surface area contributed by atoms with Crippen LogP contribution in [-0.4, -0.2) is 0 Å². The summed E-state index contributed by atoms with van der Waals surface area (Å²) in [5.74, 6) is 0.825. The quantitative estimate of drug-likeness (QED) is 0.633. The van der Waals surface area contributed by atoms with Crippen molar-refractivity contribution < 1.29 is 0 Å². The second-order valence-electron chi connectivity index (χ2n) is 3.62. The maximum absolute atomic E-state index is 5.80. The van der Waals surface area contributed by atoms with Gasteiger partial charge in [0.2, 0.25) is 0 Å². The van der Waals surface area contributed by atoms with E-state index in [4.69, 9.17) is 11.5 Å². The van der Waals surface area contributed by atoms with Crippen molar-refractivity contribution in [2.24, 2.45) is 23.3 Å². The van der Waals surface area contributed by atoms with Crippen molar-refractivity contribution in [3.05, 3.63) is 23.5 Å². The first-order chi connectivity index (χ1) is 5.49. The summed E-state index contributed by atoms with van der Waals surface area (Å²) in [4.78, 5) is 0. The van der Waals surface area contributed by atoms with Gasteiger partial charge in [-0.05, 0) is 29.7 Å². The first-order valence-corrected chi connectivity index (χ1v) is 4.37. The highest BCUT2D eigenvalue weighted by Crippen LogP contribution is 2.13. The molecule has 0 heterocycles. The molecule has 0 aromatic rings. The van der Waals surface area contributed by atoms with Crippen molar-refractivity contribution in [2.75, 3.05) is 0 Å². The normalized spacial score (nSPS) is 14.5. The summed E-state index contributed by atoms with van der Waals surface area (Å²) < 4.78 is 0. The van der Waals surface area contributed by atoms with Gasteiger partial charge in [-0.2, -0.15) is 0 Å². The average molecular weight is 168 g/mol. The van der Waals surface area contributed by atoms with Crippen LogP contribution in [0.3, 0.4) is 0 Å². The molecule has 0 rings (SSSR count). The van der Waals surface area contributed by atoms with Crippen LogP contribution in [0, 0.1) is 11.8 Å². The molecule has 0 aliphatic carbocycles. The van der Waals surface area contributed by atoms with Crippen molar-refractivity contribution in [2.45, 2.75) is 27.7 Å². The van der Waals surface area contributed by atoms with E-state index in [2.05, 4.69) is 27.7 Å². The molecule has 0 aliphatic heterocycles. The van der Waals surface area contributed by atoms with E-state index in [0.717, 1.165) is 11.3 Å². The predicted octanol–water partition coefficient (Wildman–Crippen LogP) is 1.98. The average Bonchev–Trinajstić information content (AvgIpc) is 1.98. The molecule has 0 fully saturated rings. The molecule has 0 amide bonds. The van der Waals surface area contributed by atoms with E-state index in [1.165, 1.54) is 0 Å². The minimum Gasteiger partial charge on any atom is -0.404 e. The molecule has 0 aliphatic rings. The highest BCUT2D eigenvalue weighted by molar-refractivity contribution is 5.23. The summed E-state index contributed by atoms with van der Waals surface area (Å²) in [7, 11) is 0. The zero-order valence-electron chi connectivity index (χ0n) is 8.46. The van der Waals surface area contributed by atoms with Gasteiger partial charge in [-0.3, -0.25) is 0 Å². The Morgan fingerprint density at radius 3 is 1.83 bits per heavy atom. The molecular weight excluding hydrogens is 148 g/mol. The van der Waals surface area contributed by atoms with Crippen LogP contribution in [0.25, 0.3) is 0 Å². The molecule has 2 heteroatoms. The summed E-state index contributed by atoms with van der Waals surface area (Å²) in [5, 5.41) is 0. The predicted molar refractivity (Wildman–Crippen MR) is 54.2 cm³/mol. The molecule has 0 aromatic carbocycles. The van der Waals surface area contributed by atoms with Crippen molar-refractivity contribution in [3.63, 3.8) is 0 Å². The SMILES string of the molecule is CC(C)/C(N)=C/C(=C\N)C(C)C. The zero-order valence-corrected chi connectivity index (χ0v) is 8.46. The number of rotatable bonds is 3. The molecule has 0 atom stereocenters. The van der Waals surface area contributed by atoms with E-state index in [1.807, 2.05) is 6.08 Å². The molecule has 0 unspecified atom stereocenters. The third-order valence-electron chi connectivity index (χ3n) is 1.86. The number of nitrogens with two attached hydrogens (primary N) is 2. The standard InChI is InChI=1S/C10H20N2/c1-7(2)9(6-11)5-10(12)8(3)4/h5-8H,11-12H2,1-4H3/b9-6+,10-5-. The Labute approximate surface area is 75.3 Å². The van der Waals surface area contributed by atoms with Crippen LogP contribution in [0.15, 0.2) is 23.5 Å². The van der Waals surface area contributed by atoms with Crippen molar-refractivity contribution in [1.82, 2.24) is 0 Å². The van der Waals surface area contributed by atoms with Crippen LogP contribution >= 0.6 is 0 Å². The summed E-state index contributed by atoms with van der Waals surface area (Å²) >= 11 is 0. The molecule has 12 heavy (non-hydrogen) atoms. The third-order valence-corrected chi connectivity index (χ3v) is 1.86. The van der Waals surface area contributed by atoms with E-state index >= 15 is 0 Å². The number of hydrogen-bond acceptors (Lipinski definition) is 2. The van der Waals surface area contributed by atoms with Crippen molar-refractivity contribution in [1.29, 1.82) is 0 Å². The number of allylic oxidation sites excluding steroid dienone is 3. The van der Waals surface area contributed by atoms with Gasteiger partial charge in [0, 0.05) is 5.70 Å². The topological polar surface area (TPSA) is 52.0 Å². The minimum absolute atomic E-state index is 0.388. The summed E-state index contributed by atoms with van der Waals surface area (Å²) in [5.41, 5.74) is 13.2. The van der Waals surface area contributed by atoms with Gasteiger partial charge in [-0.25, -0.2) is 0 Å². The van der Waals surface area contributed by atoms with E-state index < -0.39 is 0 Å². The van der Waals surface area contributed by atoms with Crippen LogP contribution in [0.1, 0.15) is 27.7 Å². The molecule has 2 nitrogen and oxygen atoms in total. The number of hydrogen-bond donors (Lipinski definition) is 2. The Bertz CT molecular complexity index is 188. The molecule has 0 radical (unpaired) electrons. The monoisotopic (exact) mass is 168 g/mol. The summed E-state index contributed by atoms with van der Waals surface area (Å²) in [6.45, 7) is 8.34. The lowest BCUT2D eigenvalue weighted by Crippen LogP contribution is -2.07. The van der Waals surface area contributed by atoms with Crippen molar-refractivity contribution >= 4 is 0 Å². The Balaban J connectivity index is 4.49. The molecule has 0 spiro atoms. The van der Waals surface area contributed by atoms with Gasteiger partial charge in [-0.15, -0.1) is 0 Å². The van der Waals surface area contributed by atoms with Crippen LogP contribution in [0.5, 0.6) is 0 Å². The fourth-order valence-corrected chi connectivity index (χ4v) is 0.766. The van der Waals surface area contributed by atoms with Gasteiger partial charge >= 0.3 is 0 Å². The Hall–Kier alpha value is -0.920. The minimum atomic E-state index is 0.388. The third kappa shape index (κ3) is 3.46. The smallest absolute Gasteiger partial charge is 0.0110 e. The highest BCUT2D eigenvalue weighted by Gasteiger charge is 2.02. The van der Waals surface area contributed by atoms with E-state index in [0.29, 0.717) is 11.8 Å². The second-order valence-corrected chi connectivity index (χ2v) is 3.62. The van der Waals surface area contributed by atoms with Gasteiger partial charge in [0.1, 0.15) is 0 Å². The molecular formula is C10H20N2. The lowest BCUT2D eigenvalue weighted by atomic mass is 10.0. The van der Waals surface area contributed by atoms with Crippen LogP contribution < -0.4 is 11.5 Å². The molecule has 4 N–H and O–H groups in total. The summed E-state index contributed by atoms with van der Waals surface area (Å²) in [6, 6.07) is 0. The van der Waals surface area contributed by atoms with Gasteiger partial charge in [0.05, 0.1) is 0 Å². The van der Waals surface area contributed by atoms with Crippen LogP contribution in [-0.2, 0) is 0 Å². The highest BCUT2D eigenvalue weighted by atomic mass is 14.6. The van der Waals surface area contributed by atoms with E-state index in [-0.39, 0.29) is 0 Å². The molecule has 70 valence electrons.